The summed E-state index contributed by atoms with van der Waals surface area (Å²) in [7, 11) is 0. The van der Waals surface area contributed by atoms with Gasteiger partial charge in [0.2, 0.25) is 0 Å². The quantitative estimate of drug-likeness (QED) is 0.501. The summed E-state index contributed by atoms with van der Waals surface area (Å²) in [6.45, 7) is 2.26. The first-order valence-electron chi connectivity index (χ1n) is 10.1. The molecule has 1 aliphatic carbocycles. The van der Waals surface area contributed by atoms with E-state index in [9.17, 15) is 0 Å². The molecule has 28 heavy (non-hydrogen) atoms. The minimum absolute atomic E-state index is 0.249. The fourth-order valence-electron chi connectivity index (χ4n) is 4.77. The van der Waals surface area contributed by atoms with Crippen LogP contribution in [0, 0.1) is 0 Å². The van der Waals surface area contributed by atoms with Crippen molar-refractivity contribution in [1.29, 1.82) is 0 Å². The third-order valence-corrected chi connectivity index (χ3v) is 6.46. The number of fused-ring (bicyclic) bond motifs is 3. The lowest BCUT2D eigenvalue weighted by Gasteiger charge is -2.39. The van der Waals surface area contributed by atoms with E-state index in [4.69, 9.17) is 5.73 Å². The third-order valence-electron chi connectivity index (χ3n) is 6.46. The number of pyridine rings is 1. The van der Waals surface area contributed by atoms with Crippen LogP contribution in [0.2, 0.25) is 0 Å². The van der Waals surface area contributed by atoms with Crippen molar-refractivity contribution < 1.29 is 0 Å². The minimum atomic E-state index is -0.373. The molecule has 4 aromatic rings. The summed E-state index contributed by atoms with van der Waals surface area (Å²) < 4.78 is 0. The number of aromatic amines is 1. The van der Waals surface area contributed by atoms with Crippen molar-refractivity contribution in [2.75, 3.05) is 0 Å². The third kappa shape index (κ3) is 2.66. The van der Waals surface area contributed by atoms with Gasteiger partial charge in [0, 0.05) is 40.5 Å². The smallest absolute Gasteiger partial charge is 0.0631 e. The van der Waals surface area contributed by atoms with E-state index in [0.717, 1.165) is 24.8 Å². The molecule has 3 heteroatoms. The number of aryl methyl sites for hydroxylation is 1. The Kier molecular flexibility index (Phi) is 4.06. The lowest BCUT2D eigenvalue weighted by atomic mass is 9.71. The van der Waals surface area contributed by atoms with Gasteiger partial charge < -0.3 is 10.7 Å². The van der Waals surface area contributed by atoms with Crippen molar-refractivity contribution in [3.8, 4) is 11.1 Å². The number of benzene rings is 2. The summed E-state index contributed by atoms with van der Waals surface area (Å²) in [5.74, 6) is 0.249. The fourth-order valence-corrected chi connectivity index (χ4v) is 4.77. The van der Waals surface area contributed by atoms with Crippen LogP contribution in [0.15, 0.2) is 73.1 Å². The van der Waals surface area contributed by atoms with Gasteiger partial charge >= 0.3 is 0 Å². The number of hydrogen-bond donors (Lipinski definition) is 2. The highest BCUT2D eigenvalue weighted by molar-refractivity contribution is 5.89. The van der Waals surface area contributed by atoms with Crippen LogP contribution in [-0.2, 0) is 12.0 Å². The van der Waals surface area contributed by atoms with E-state index in [-0.39, 0.29) is 11.5 Å². The summed E-state index contributed by atoms with van der Waals surface area (Å²) in [4.78, 5) is 7.96. The molecule has 0 bridgehead atoms. The molecule has 0 fully saturated rings. The lowest BCUT2D eigenvalue weighted by molar-refractivity contribution is 0.310. The Bertz CT molecular complexity index is 1110. The van der Waals surface area contributed by atoms with Gasteiger partial charge in [-0.1, -0.05) is 49.4 Å². The first-order chi connectivity index (χ1) is 13.7. The SMILES string of the molecule is C[C@H](c1ccccc1)C1(N)CCCc2c1[nH]c1ccc(-c3cccnc3)cc21. The zero-order valence-corrected chi connectivity index (χ0v) is 16.2. The minimum Gasteiger partial charge on any atom is -0.357 e. The predicted octanol–water partition coefficient (Wildman–Crippen LogP) is 5.52. The van der Waals surface area contributed by atoms with Gasteiger partial charge in [-0.2, -0.15) is 0 Å². The van der Waals surface area contributed by atoms with Crippen molar-refractivity contribution in [3.05, 3.63) is 89.9 Å². The topological polar surface area (TPSA) is 54.7 Å². The monoisotopic (exact) mass is 367 g/mol. The molecular weight excluding hydrogens is 342 g/mol. The van der Waals surface area contributed by atoms with Gasteiger partial charge in [0.15, 0.2) is 0 Å². The Morgan fingerprint density at radius 3 is 2.68 bits per heavy atom. The van der Waals surface area contributed by atoms with Crippen LogP contribution in [0.5, 0.6) is 0 Å². The molecule has 0 radical (unpaired) electrons. The number of hydrogen-bond acceptors (Lipinski definition) is 2. The van der Waals surface area contributed by atoms with Crippen molar-refractivity contribution in [2.24, 2.45) is 5.73 Å². The average Bonchev–Trinajstić information content (AvgIpc) is 3.14. The molecule has 1 aliphatic rings. The van der Waals surface area contributed by atoms with Crippen molar-refractivity contribution in [2.45, 2.75) is 37.6 Å². The highest BCUT2D eigenvalue weighted by atomic mass is 14.9. The predicted molar refractivity (Wildman–Crippen MR) is 115 cm³/mol. The Morgan fingerprint density at radius 2 is 1.89 bits per heavy atom. The highest BCUT2D eigenvalue weighted by Gasteiger charge is 2.40. The molecule has 0 amide bonds. The van der Waals surface area contributed by atoms with Crippen LogP contribution < -0.4 is 5.73 Å². The van der Waals surface area contributed by atoms with Crippen LogP contribution in [0.3, 0.4) is 0 Å². The second-order valence-corrected chi connectivity index (χ2v) is 8.01. The Labute approximate surface area is 165 Å². The summed E-state index contributed by atoms with van der Waals surface area (Å²) in [5.41, 5.74) is 14.2. The molecule has 2 heterocycles. The van der Waals surface area contributed by atoms with E-state index in [1.807, 2.05) is 18.5 Å². The van der Waals surface area contributed by atoms with Crippen molar-refractivity contribution in [3.63, 3.8) is 0 Å². The molecule has 1 unspecified atom stereocenters. The standard InChI is InChI=1S/C25H25N3/c1-17(18-7-3-2-4-8-18)25(26)13-5-10-21-22-15-19(20-9-6-14-27-16-20)11-12-23(22)28-24(21)25/h2-4,6-9,11-12,14-17,28H,5,10,13,26H2,1H3/t17-,25?/m1/s1. The van der Waals surface area contributed by atoms with Crippen molar-refractivity contribution in [1.82, 2.24) is 9.97 Å². The number of nitrogens with one attached hydrogen (secondary N) is 1. The maximum absolute atomic E-state index is 7.12. The van der Waals surface area contributed by atoms with Gasteiger partial charge in [-0.05, 0) is 54.2 Å². The van der Waals surface area contributed by atoms with Crippen LogP contribution >= 0.6 is 0 Å². The van der Waals surface area contributed by atoms with E-state index in [0.29, 0.717) is 0 Å². The first kappa shape index (κ1) is 17.2. The Morgan fingerprint density at radius 1 is 1.04 bits per heavy atom. The summed E-state index contributed by atoms with van der Waals surface area (Å²) >= 11 is 0. The van der Waals surface area contributed by atoms with Gasteiger partial charge in [-0.3, -0.25) is 4.98 Å². The van der Waals surface area contributed by atoms with Crippen LogP contribution in [-0.4, -0.2) is 9.97 Å². The molecule has 3 N–H and O–H groups in total. The number of rotatable bonds is 3. The van der Waals surface area contributed by atoms with E-state index in [1.54, 1.807) is 0 Å². The zero-order chi connectivity index (χ0) is 19.1. The molecule has 3 nitrogen and oxygen atoms in total. The van der Waals surface area contributed by atoms with E-state index in [2.05, 4.69) is 71.5 Å². The zero-order valence-electron chi connectivity index (χ0n) is 16.2. The number of nitrogens with zero attached hydrogens (tertiary/aromatic N) is 1. The van der Waals surface area contributed by atoms with Crippen molar-refractivity contribution >= 4 is 10.9 Å². The van der Waals surface area contributed by atoms with Crippen LogP contribution in [0.25, 0.3) is 22.0 Å². The van der Waals surface area contributed by atoms with E-state index in [1.165, 1.54) is 33.3 Å². The molecule has 2 aromatic carbocycles. The van der Waals surface area contributed by atoms with Crippen LogP contribution in [0.1, 0.15) is 42.5 Å². The van der Waals surface area contributed by atoms with Gasteiger partial charge in [-0.15, -0.1) is 0 Å². The summed E-state index contributed by atoms with van der Waals surface area (Å²) in [6.07, 6.45) is 6.92. The molecule has 0 spiro atoms. The molecule has 5 rings (SSSR count). The molecule has 140 valence electrons. The number of nitrogens with two attached hydrogens (primary N) is 1. The van der Waals surface area contributed by atoms with Crippen LogP contribution in [0.4, 0.5) is 0 Å². The second-order valence-electron chi connectivity index (χ2n) is 8.01. The summed E-state index contributed by atoms with van der Waals surface area (Å²) in [5, 5.41) is 1.30. The van der Waals surface area contributed by atoms with Gasteiger partial charge in [0.05, 0.1) is 5.54 Å². The number of aromatic nitrogens is 2. The fraction of sp³-hybridized carbons (Fsp3) is 0.240. The molecule has 0 saturated heterocycles. The molecule has 2 atom stereocenters. The van der Waals surface area contributed by atoms with Gasteiger partial charge in [0.25, 0.3) is 0 Å². The first-order valence-corrected chi connectivity index (χ1v) is 10.1. The van der Waals surface area contributed by atoms with Gasteiger partial charge in [-0.25, -0.2) is 0 Å². The second kappa shape index (κ2) is 6.61. The van der Waals surface area contributed by atoms with E-state index >= 15 is 0 Å². The Hall–Kier alpha value is -2.91. The normalized spacial score (nSPS) is 20.1. The summed E-state index contributed by atoms with van der Waals surface area (Å²) in [6, 6.07) is 21.4. The maximum atomic E-state index is 7.12. The maximum Gasteiger partial charge on any atom is 0.0631 e. The molecular formula is C25H25N3. The molecule has 2 aromatic heterocycles. The number of H-pyrrole nitrogens is 1. The lowest BCUT2D eigenvalue weighted by Crippen LogP contribution is -2.44. The Balaban J connectivity index is 1.64. The van der Waals surface area contributed by atoms with E-state index < -0.39 is 0 Å². The molecule has 0 aliphatic heterocycles. The average molecular weight is 367 g/mol. The highest BCUT2D eigenvalue weighted by Crippen LogP contribution is 2.45. The van der Waals surface area contributed by atoms with Gasteiger partial charge in [0.1, 0.15) is 0 Å². The molecule has 0 saturated carbocycles. The largest absolute Gasteiger partial charge is 0.357 e.